The highest BCUT2D eigenvalue weighted by Crippen LogP contribution is 2.35. The molecule has 0 radical (unpaired) electrons. The fourth-order valence-electron chi connectivity index (χ4n) is 2.07. The van der Waals surface area contributed by atoms with Gasteiger partial charge < -0.3 is 9.47 Å². The third-order valence-electron chi connectivity index (χ3n) is 3.03. The van der Waals surface area contributed by atoms with Gasteiger partial charge in [-0.25, -0.2) is 9.18 Å². The van der Waals surface area contributed by atoms with E-state index in [1.165, 1.54) is 19.2 Å². The van der Waals surface area contributed by atoms with Crippen LogP contribution in [0.1, 0.15) is 32.4 Å². The number of benzene rings is 1. The Morgan fingerprint density at radius 1 is 1.39 bits per heavy atom. The number of halogens is 1. The number of carbonyl (C=O) groups excluding carboxylic acids is 1. The summed E-state index contributed by atoms with van der Waals surface area (Å²) >= 11 is 0. The van der Waals surface area contributed by atoms with E-state index in [-0.39, 0.29) is 12.4 Å². The van der Waals surface area contributed by atoms with Crippen LogP contribution in [0.25, 0.3) is 0 Å². The highest BCUT2D eigenvalue weighted by Gasteiger charge is 2.45. The molecule has 2 rings (SSSR count). The van der Waals surface area contributed by atoms with Crippen molar-refractivity contribution >= 4 is 16.4 Å². The summed E-state index contributed by atoms with van der Waals surface area (Å²) in [6, 6.07) is 2.86. The van der Waals surface area contributed by atoms with E-state index in [4.69, 9.17) is 13.7 Å². The van der Waals surface area contributed by atoms with Gasteiger partial charge >= 0.3 is 16.4 Å². The van der Waals surface area contributed by atoms with Gasteiger partial charge in [0.25, 0.3) is 0 Å². The van der Waals surface area contributed by atoms with Crippen LogP contribution in [-0.2, 0) is 19.2 Å². The fraction of sp³-hybridized carbons (Fsp3) is 0.500. The predicted molar refractivity (Wildman–Crippen MR) is 78.6 cm³/mol. The molecule has 0 aliphatic carbocycles. The van der Waals surface area contributed by atoms with Crippen LogP contribution in [0.2, 0.25) is 0 Å². The van der Waals surface area contributed by atoms with Crippen LogP contribution in [0.5, 0.6) is 5.75 Å². The minimum absolute atomic E-state index is 0.0593. The van der Waals surface area contributed by atoms with Crippen molar-refractivity contribution in [3.05, 3.63) is 29.6 Å². The Bertz CT molecular complexity index is 712. The standard InChI is InChI=1S/C14H18FNO6S/c1-14(2,3)22-13(17)16-11(8-21-23(16,18)19)9-5-6-10(15)12(7-9)20-4/h5-7,11H,8H2,1-4H3/t11-/m1/s1. The number of rotatable bonds is 2. The lowest BCUT2D eigenvalue weighted by Gasteiger charge is -2.26. The molecule has 1 aliphatic rings. The van der Waals surface area contributed by atoms with Crippen molar-refractivity contribution in [3.63, 3.8) is 0 Å². The topological polar surface area (TPSA) is 82.1 Å². The van der Waals surface area contributed by atoms with Crippen molar-refractivity contribution in [2.24, 2.45) is 0 Å². The number of carbonyl (C=O) groups is 1. The molecule has 1 amide bonds. The summed E-state index contributed by atoms with van der Waals surface area (Å²) < 4.78 is 52.7. The van der Waals surface area contributed by atoms with Crippen LogP contribution in [0, 0.1) is 5.82 Å². The van der Waals surface area contributed by atoms with E-state index in [2.05, 4.69) is 0 Å². The van der Waals surface area contributed by atoms with E-state index in [0.717, 1.165) is 6.07 Å². The first-order valence-electron chi connectivity index (χ1n) is 6.80. The molecule has 23 heavy (non-hydrogen) atoms. The second-order valence-corrected chi connectivity index (χ2v) is 7.41. The summed E-state index contributed by atoms with van der Waals surface area (Å²) in [7, 11) is -2.97. The molecular formula is C14H18FNO6S. The van der Waals surface area contributed by atoms with Gasteiger partial charge in [-0.2, -0.15) is 12.7 Å². The van der Waals surface area contributed by atoms with Crippen molar-refractivity contribution in [1.82, 2.24) is 4.31 Å². The highest BCUT2D eigenvalue weighted by molar-refractivity contribution is 7.85. The third-order valence-corrected chi connectivity index (χ3v) is 4.35. The lowest BCUT2D eigenvalue weighted by molar-refractivity contribution is 0.0356. The molecule has 0 aromatic heterocycles. The molecule has 1 aromatic rings. The maximum absolute atomic E-state index is 13.5. The van der Waals surface area contributed by atoms with E-state index >= 15 is 0 Å². The van der Waals surface area contributed by atoms with E-state index in [1.54, 1.807) is 20.8 Å². The van der Waals surface area contributed by atoms with E-state index in [9.17, 15) is 17.6 Å². The molecule has 1 heterocycles. The molecule has 0 bridgehead atoms. The van der Waals surface area contributed by atoms with Crippen molar-refractivity contribution in [2.75, 3.05) is 13.7 Å². The summed E-state index contributed by atoms with van der Waals surface area (Å²) in [5, 5.41) is 0. The predicted octanol–water partition coefficient (Wildman–Crippen LogP) is 2.39. The van der Waals surface area contributed by atoms with Crippen molar-refractivity contribution in [3.8, 4) is 5.75 Å². The Labute approximate surface area is 134 Å². The maximum Gasteiger partial charge on any atom is 0.426 e. The number of hydrogen-bond donors (Lipinski definition) is 0. The number of methoxy groups -OCH3 is 1. The fourth-order valence-corrected chi connectivity index (χ4v) is 3.20. The summed E-state index contributed by atoms with van der Waals surface area (Å²) in [5.74, 6) is -0.655. The largest absolute Gasteiger partial charge is 0.494 e. The van der Waals surface area contributed by atoms with Crippen molar-refractivity contribution < 1.29 is 31.3 Å². The van der Waals surface area contributed by atoms with Gasteiger partial charge in [0.1, 0.15) is 11.6 Å². The van der Waals surface area contributed by atoms with Gasteiger partial charge in [0.05, 0.1) is 13.7 Å². The van der Waals surface area contributed by atoms with Gasteiger partial charge in [0.2, 0.25) is 0 Å². The molecular weight excluding hydrogens is 329 g/mol. The number of amides is 1. The van der Waals surface area contributed by atoms with Gasteiger partial charge in [0.15, 0.2) is 11.6 Å². The summed E-state index contributed by atoms with van der Waals surface area (Å²) in [6.07, 6.45) is -1.05. The lowest BCUT2D eigenvalue weighted by atomic mass is 10.1. The molecule has 1 aliphatic heterocycles. The summed E-state index contributed by atoms with van der Waals surface area (Å²) in [6.45, 7) is 4.56. The smallest absolute Gasteiger partial charge is 0.426 e. The highest BCUT2D eigenvalue weighted by atomic mass is 32.2. The normalized spacial score (nSPS) is 20.4. The van der Waals surface area contributed by atoms with Gasteiger partial charge in [0, 0.05) is 0 Å². The Balaban J connectivity index is 2.39. The zero-order valence-electron chi connectivity index (χ0n) is 13.2. The first-order chi connectivity index (χ1) is 10.5. The third kappa shape index (κ3) is 3.73. The summed E-state index contributed by atoms with van der Waals surface area (Å²) in [4.78, 5) is 12.2. The Kier molecular flexibility index (Phi) is 4.54. The number of nitrogens with zero attached hydrogens (tertiary/aromatic N) is 1. The van der Waals surface area contributed by atoms with Crippen molar-refractivity contribution in [1.29, 1.82) is 0 Å². The Morgan fingerprint density at radius 2 is 2.04 bits per heavy atom. The molecule has 7 nitrogen and oxygen atoms in total. The molecule has 1 saturated heterocycles. The Morgan fingerprint density at radius 3 is 2.61 bits per heavy atom. The van der Waals surface area contributed by atoms with Crippen LogP contribution in [0.4, 0.5) is 9.18 Å². The van der Waals surface area contributed by atoms with Gasteiger partial charge in [-0.1, -0.05) is 6.07 Å². The van der Waals surface area contributed by atoms with Crippen LogP contribution in [-0.4, -0.2) is 38.1 Å². The number of ether oxygens (including phenoxy) is 2. The summed E-state index contributed by atoms with van der Waals surface area (Å²) in [5.41, 5.74) is -0.518. The van der Waals surface area contributed by atoms with Gasteiger partial charge in [-0.05, 0) is 38.5 Å². The van der Waals surface area contributed by atoms with E-state index < -0.39 is 33.9 Å². The second kappa shape index (κ2) is 5.97. The van der Waals surface area contributed by atoms with Crippen LogP contribution in [0.15, 0.2) is 18.2 Å². The second-order valence-electron chi connectivity index (χ2n) is 5.93. The minimum atomic E-state index is -4.26. The number of hydrogen-bond acceptors (Lipinski definition) is 6. The first-order valence-corrected chi connectivity index (χ1v) is 8.17. The average Bonchev–Trinajstić information content (AvgIpc) is 2.73. The van der Waals surface area contributed by atoms with Crippen molar-refractivity contribution in [2.45, 2.75) is 32.4 Å². The monoisotopic (exact) mass is 347 g/mol. The van der Waals surface area contributed by atoms with E-state index in [1.807, 2.05) is 0 Å². The van der Waals surface area contributed by atoms with Gasteiger partial charge in [-0.15, -0.1) is 0 Å². The van der Waals surface area contributed by atoms with Crippen LogP contribution in [0.3, 0.4) is 0 Å². The lowest BCUT2D eigenvalue weighted by Crippen LogP contribution is -2.39. The average molecular weight is 347 g/mol. The first kappa shape index (κ1) is 17.5. The molecule has 128 valence electrons. The molecule has 0 saturated carbocycles. The molecule has 0 unspecified atom stereocenters. The molecule has 1 fully saturated rings. The SMILES string of the molecule is COc1cc([C@H]2COS(=O)(=O)N2C(=O)OC(C)(C)C)ccc1F. The molecule has 1 aromatic carbocycles. The molecule has 9 heteroatoms. The minimum Gasteiger partial charge on any atom is -0.494 e. The van der Waals surface area contributed by atoms with E-state index in [0.29, 0.717) is 9.87 Å². The van der Waals surface area contributed by atoms with Crippen LogP contribution >= 0.6 is 0 Å². The molecule has 0 N–H and O–H groups in total. The quantitative estimate of drug-likeness (QED) is 0.817. The van der Waals surface area contributed by atoms with Crippen LogP contribution < -0.4 is 4.74 Å². The van der Waals surface area contributed by atoms with Gasteiger partial charge in [-0.3, -0.25) is 4.18 Å². The zero-order valence-corrected chi connectivity index (χ0v) is 14.0. The maximum atomic E-state index is 13.5. The zero-order chi connectivity index (χ0) is 17.4. The molecule has 0 spiro atoms. The molecule has 1 atom stereocenters. The Hall–Kier alpha value is -1.87.